The number of hydrogen-bond acceptors (Lipinski definition) is 7. The second-order valence-corrected chi connectivity index (χ2v) is 7.25. The van der Waals surface area contributed by atoms with Crippen molar-refractivity contribution in [3.8, 4) is 10.6 Å². The minimum absolute atomic E-state index is 0.0000513. The van der Waals surface area contributed by atoms with Crippen molar-refractivity contribution in [2.45, 2.75) is 12.2 Å². The molecule has 9 heteroatoms. The Kier molecular flexibility index (Phi) is 4.76. The maximum absolute atomic E-state index is 11.9. The van der Waals surface area contributed by atoms with Gasteiger partial charge in [0.15, 0.2) is 0 Å². The van der Waals surface area contributed by atoms with Crippen molar-refractivity contribution < 1.29 is 22.4 Å². The predicted octanol–water partition coefficient (Wildman–Crippen LogP) is 1.50. The summed E-state index contributed by atoms with van der Waals surface area (Å²) in [5.74, 6) is -0.760. The minimum atomic E-state index is -3.79. The Balaban J connectivity index is 2.11. The summed E-state index contributed by atoms with van der Waals surface area (Å²) in [6.45, 7) is 1.46. The van der Waals surface area contributed by atoms with Gasteiger partial charge in [0.25, 0.3) is 5.91 Å². The first-order valence-electron chi connectivity index (χ1n) is 5.97. The van der Waals surface area contributed by atoms with Crippen molar-refractivity contribution in [3.05, 3.63) is 29.7 Å². The summed E-state index contributed by atoms with van der Waals surface area (Å²) < 4.78 is 35.5. The molecule has 0 aromatic carbocycles. The number of thiazole rings is 1. The van der Waals surface area contributed by atoms with Gasteiger partial charge in [0.2, 0.25) is 10.0 Å². The lowest BCUT2D eigenvalue weighted by Crippen LogP contribution is -2.39. The number of carbonyl (C=O) groups excluding carboxylic acids is 1. The SMILES string of the molecule is COCC(C)S(=O)(=O)NC(=O)c1csc(-c2ccoc2)n1. The first-order valence-corrected chi connectivity index (χ1v) is 8.39. The Morgan fingerprint density at radius 3 is 2.95 bits per heavy atom. The summed E-state index contributed by atoms with van der Waals surface area (Å²) in [6, 6.07) is 1.71. The molecule has 0 aliphatic rings. The summed E-state index contributed by atoms with van der Waals surface area (Å²) in [4.78, 5) is 16.0. The third-order valence-electron chi connectivity index (χ3n) is 2.67. The zero-order valence-electron chi connectivity index (χ0n) is 11.4. The average Bonchev–Trinajstić information content (AvgIpc) is 3.09. The van der Waals surface area contributed by atoms with Gasteiger partial charge in [-0.15, -0.1) is 11.3 Å². The van der Waals surface area contributed by atoms with Crippen molar-refractivity contribution in [2.24, 2.45) is 0 Å². The summed E-state index contributed by atoms with van der Waals surface area (Å²) in [5.41, 5.74) is 0.777. The monoisotopic (exact) mass is 330 g/mol. The van der Waals surface area contributed by atoms with Gasteiger partial charge >= 0.3 is 0 Å². The third kappa shape index (κ3) is 3.69. The minimum Gasteiger partial charge on any atom is -0.472 e. The molecule has 0 aliphatic carbocycles. The molecule has 7 nitrogen and oxygen atoms in total. The van der Waals surface area contributed by atoms with E-state index in [1.807, 2.05) is 4.72 Å². The van der Waals surface area contributed by atoms with Crippen molar-refractivity contribution in [1.29, 1.82) is 0 Å². The fourth-order valence-corrected chi connectivity index (χ4v) is 3.17. The molecule has 0 aliphatic heterocycles. The molecule has 1 amide bonds. The molecule has 2 rings (SSSR count). The van der Waals surface area contributed by atoms with Gasteiger partial charge in [-0.2, -0.15) is 0 Å². The number of aromatic nitrogens is 1. The molecule has 0 saturated carbocycles. The van der Waals surface area contributed by atoms with Crippen molar-refractivity contribution in [1.82, 2.24) is 9.71 Å². The molecule has 1 N–H and O–H groups in total. The molecule has 0 bridgehead atoms. The highest BCUT2D eigenvalue weighted by Gasteiger charge is 2.25. The van der Waals surface area contributed by atoms with Gasteiger partial charge in [0, 0.05) is 18.1 Å². The zero-order valence-corrected chi connectivity index (χ0v) is 13.0. The molecule has 0 radical (unpaired) electrons. The van der Waals surface area contributed by atoms with Crippen LogP contribution in [0.1, 0.15) is 17.4 Å². The molecular weight excluding hydrogens is 316 g/mol. The van der Waals surface area contributed by atoms with Crippen LogP contribution >= 0.6 is 11.3 Å². The van der Waals surface area contributed by atoms with Crippen molar-refractivity contribution >= 4 is 27.3 Å². The highest BCUT2D eigenvalue weighted by Crippen LogP contribution is 2.23. The smallest absolute Gasteiger partial charge is 0.284 e. The fourth-order valence-electron chi connectivity index (χ4n) is 1.50. The molecular formula is C12H14N2O5S2. The van der Waals surface area contributed by atoms with E-state index in [1.165, 1.54) is 43.3 Å². The number of amides is 1. The number of furan rings is 1. The maximum atomic E-state index is 11.9. The summed E-state index contributed by atoms with van der Waals surface area (Å²) >= 11 is 1.23. The average molecular weight is 330 g/mol. The molecule has 21 heavy (non-hydrogen) atoms. The Morgan fingerprint density at radius 2 is 2.33 bits per heavy atom. The Hall–Kier alpha value is -1.71. The van der Waals surface area contributed by atoms with E-state index in [4.69, 9.17) is 9.15 Å². The lowest BCUT2D eigenvalue weighted by Gasteiger charge is -2.11. The van der Waals surface area contributed by atoms with E-state index in [0.717, 1.165) is 5.56 Å². The van der Waals surface area contributed by atoms with E-state index in [-0.39, 0.29) is 12.3 Å². The van der Waals surface area contributed by atoms with Crippen LogP contribution in [0.15, 0.2) is 28.4 Å². The lowest BCUT2D eigenvalue weighted by atomic mass is 10.3. The number of rotatable bonds is 6. The molecule has 0 saturated heterocycles. The van der Waals surface area contributed by atoms with Crippen LogP contribution in [0.5, 0.6) is 0 Å². The molecule has 0 spiro atoms. The van der Waals surface area contributed by atoms with Gasteiger partial charge < -0.3 is 9.15 Å². The molecule has 1 unspecified atom stereocenters. The second-order valence-electron chi connectivity index (χ2n) is 4.29. The first kappa shape index (κ1) is 15.7. The topological polar surface area (TPSA) is 98.5 Å². The number of nitrogens with zero attached hydrogens (tertiary/aromatic N) is 1. The maximum Gasteiger partial charge on any atom is 0.284 e. The summed E-state index contributed by atoms with van der Waals surface area (Å²) in [6.07, 6.45) is 2.99. The van der Waals surface area contributed by atoms with Gasteiger partial charge in [0.1, 0.15) is 22.2 Å². The second kappa shape index (κ2) is 6.37. The normalized spacial score (nSPS) is 13.0. The number of sulfonamides is 1. The van der Waals surface area contributed by atoms with E-state index in [2.05, 4.69) is 4.98 Å². The van der Waals surface area contributed by atoms with E-state index in [0.29, 0.717) is 5.01 Å². The predicted molar refractivity (Wildman–Crippen MR) is 77.5 cm³/mol. The van der Waals surface area contributed by atoms with Gasteiger partial charge in [-0.25, -0.2) is 18.1 Å². The lowest BCUT2D eigenvalue weighted by molar-refractivity contribution is 0.0976. The van der Waals surface area contributed by atoms with Crippen LogP contribution in [0.25, 0.3) is 10.6 Å². The van der Waals surface area contributed by atoms with E-state index >= 15 is 0 Å². The summed E-state index contributed by atoms with van der Waals surface area (Å²) in [5, 5.41) is 1.24. The molecule has 1 atom stereocenters. The van der Waals surface area contributed by atoms with E-state index in [1.54, 1.807) is 6.07 Å². The number of carbonyl (C=O) groups is 1. The molecule has 2 heterocycles. The van der Waals surface area contributed by atoms with Crippen LogP contribution < -0.4 is 4.72 Å². The number of ether oxygens (including phenoxy) is 1. The highest BCUT2D eigenvalue weighted by atomic mass is 32.2. The van der Waals surface area contributed by atoms with Crippen LogP contribution in [-0.4, -0.2) is 38.3 Å². The summed E-state index contributed by atoms with van der Waals surface area (Å²) in [7, 11) is -2.40. The molecule has 2 aromatic heterocycles. The third-order valence-corrected chi connectivity index (χ3v) is 5.23. The van der Waals surface area contributed by atoms with Crippen LogP contribution in [-0.2, 0) is 14.8 Å². The quantitative estimate of drug-likeness (QED) is 0.862. The van der Waals surface area contributed by atoms with E-state index < -0.39 is 21.2 Å². The Labute approximate surface area is 126 Å². The number of methoxy groups -OCH3 is 1. The molecule has 0 fully saturated rings. The molecule has 2 aromatic rings. The zero-order chi connectivity index (χ0) is 15.5. The van der Waals surface area contributed by atoms with Gasteiger partial charge in [-0.3, -0.25) is 4.79 Å². The van der Waals surface area contributed by atoms with E-state index in [9.17, 15) is 13.2 Å². The van der Waals surface area contributed by atoms with Crippen LogP contribution in [0.2, 0.25) is 0 Å². The number of nitrogens with one attached hydrogen (secondary N) is 1. The van der Waals surface area contributed by atoms with Gasteiger partial charge in [-0.05, 0) is 13.0 Å². The van der Waals surface area contributed by atoms with Crippen LogP contribution in [0.3, 0.4) is 0 Å². The molecule has 114 valence electrons. The standard InChI is InChI=1S/C12H14N2O5S2/c1-8(5-18-2)21(16,17)14-11(15)10-7-20-12(13-10)9-3-4-19-6-9/h3-4,6-8H,5H2,1-2H3,(H,14,15). The Morgan fingerprint density at radius 1 is 1.57 bits per heavy atom. The largest absolute Gasteiger partial charge is 0.472 e. The van der Waals surface area contributed by atoms with Crippen molar-refractivity contribution in [2.75, 3.05) is 13.7 Å². The highest BCUT2D eigenvalue weighted by molar-refractivity contribution is 7.90. The van der Waals surface area contributed by atoms with Gasteiger partial charge in [-0.1, -0.05) is 0 Å². The van der Waals surface area contributed by atoms with Gasteiger partial charge in [0.05, 0.1) is 12.9 Å². The fraction of sp³-hybridized carbons (Fsp3) is 0.333. The first-order chi connectivity index (χ1) is 9.94. The van der Waals surface area contributed by atoms with Crippen LogP contribution in [0.4, 0.5) is 0 Å². The number of hydrogen-bond donors (Lipinski definition) is 1. The van der Waals surface area contributed by atoms with Crippen LogP contribution in [0, 0.1) is 0 Å². The van der Waals surface area contributed by atoms with Crippen molar-refractivity contribution in [3.63, 3.8) is 0 Å². The Bertz CT molecular complexity index is 706.